The number of fused-ring (bicyclic) bond motifs is 1. The first-order chi connectivity index (χ1) is 7.11. The Morgan fingerprint density at radius 2 is 2.27 bits per heavy atom. The molecule has 0 fully saturated rings. The van der Waals surface area contributed by atoms with Crippen molar-refractivity contribution in [3.8, 4) is 5.88 Å². The Balaban J connectivity index is 2.74. The summed E-state index contributed by atoms with van der Waals surface area (Å²) >= 11 is 5.70. The van der Waals surface area contributed by atoms with Crippen LogP contribution in [0.2, 0.25) is 5.15 Å². The summed E-state index contributed by atoms with van der Waals surface area (Å²) in [4.78, 5) is 18.4. The van der Waals surface area contributed by atoms with E-state index < -0.39 is 5.97 Å². The molecule has 0 bridgehead atoms. The van der Waals surface area contributed by atoms with E-state index in [0.717, 1.165) is 0 Å². The van der Waals surface area contributed by atoms with E-state index in [1.807, 2.05) is 0 Å². The van der Waals surface area contributed by atoms with Gasteiger partial charge >= 0.3 is 5.97 Å². The molecule has 2 rings (SSSR count). The minimum Gasteiger partial charge on any atom is -0.478 e. The summed E-state index contributed by atoms with van der Waals surface area (Å²) in [6.45, 7) is 0. The first-order valence-corrected chi connectivity index (χ1v) is 4.32. The number of imidazole rings is 1. The Bertz CT molecular complexity index is 537. The van der Waals surface area contributed by atoms with Crippen LogP contribution in [0.4, 0.5) is 0 Å². The zero-order valence-corrected chi connectivity index (χ0v) is 8.39. The van der Waals surface area contributed by atoms with Crippen LogP contribution in [0.5, 0.6) is 5.88 Å². The molecule has 2 aromatic heterocycles. The Hall–Kier alpha value is -1.82. The highest BCUT2D eigenvalue weighted by Crippen LogP contribution is 2.19. The van der Waals surface area contributed by atoms with Gasteiger partial charge in [0.1, 0.15) is 5.15 Å². The minimum absolute atomic E-state index is 0.0858. The van der Waals surface area contributed by atoms with Gasteiger partial charge in [0, 0.05) is 12.4 Å². The number of carboxylic acids is 1. The number of hydrogen-bond donors (Lipinski definition) is 1. The van der Waals surface area contributed by atoms with Gasteiger partial charge in [-0.1, -0.05) is 11.6 Å². The molecule has 7 heteroatoms. The summed E-state index contributed by atoms with van der Waals surface area (Å²) in [5.74, 6) is -0.924. The van der Waals surface area contributed by atoms with Gasteiger partial charge in [0.15, 0.2) is 5.69 Å². The molecule has 0 aliphatic carbocycles. The summed E-state index contributed by atoms with van der Waals surface area (Å²) in [6, 6.07) is 0. The lowest BCUT2D eigenvalue weighted by Crippen LogP contribution is -1.95. The van der Waals surface area contributed by atoms with Crippen LogP contribution in [0.15, 0.2) is 12.4 Å². The maximum atomic E-state index is 10.7. The highest BCUT2D eigenvalue weighted by molar-refractivity contribution is 6.29. The van der Waals surface area contributed by atoms with Crippen molar-refractivity contribution in [1.82, 2.24) is 14.4 Å². The summed E-state index contributed by atoms with van der Waals surface area (Å²) < 4.78 is 6.39. The molecule has 0 aromatic carbocycles. The number of nitrogens with zero attached hydrogens (tertiary/aromatic N) is 3. The average Bonchev–Trinajstić information content (AvgIpc) is 2.59. The lowest BCUT2D eigenvalue weighted by atomic mass is 10.5. The van der Waals surface area contributed by atoms with Crippen LogP contribution in [0.1, 0.15) is 10.5 Å². The molecular weight excluding hydrogens is 222 g/mol. The van der Waals surface area contributed by atoms with Crippen molar-refractivity contribution in [3.63, 3.8) is 0 Å². The number of halogens is 1. The lowest BCUT2D eigenvalue weighted by Gasteiger charge is -2.00. The summed E-state index contributed by atoms with van der Waals surface area (Å²) in [6.07, 6.45) is 2.80. The van der Waals surface area contributed by atoms with Crippen molar-refractivity contribution in [3.05, 3.63) is 23.2 Å². The van der Waals surface area contributed by atoms with Crippen LogP contribution in [0, 0.1) is 0 Å². The maximum absolute atomic E-state index is 10.7. The third-order valence-corrected chi connectivity index (χ3v) is 1.97. The van der Waals surface area contributed by atoms with Gasteiger partial charge in [0.2, 0.25) is 5.65 Å². The van der Waals surface area contributed by atoms with E-state index in [9.17, 15) is 4.79 Å². The van der Waals surface area contributed by atoms with Crippen LogP contribution in [0.3, 0.4) is 0 Å². The number of aromatic nitrogens is 3. The van der Waals surface area contributed by atoms with Gasteiger partial charge in [0.05, 0.1) is 7.11 Å². The molecule has 0 saturated carbocycles. The molecule has 0 aliphatic rings. The normalized spacial score (nSPS) is 10.5. The van der Waals surface area contributed by atoms with Crippen molar-refractivity contribution >= 4 is 23.2 Å². The first kappa shape index (κ1) is 9.72. The number of aromatic carboxylic acids is 1. The molecule has 78 valence electrons. The van der Waals surface area contributed by atoms with E-state index in [4.69, 9.17) is 21.4 Å². The van der Waals surface area contributed by atoms with Gasteiger partial charge in [-0.05, 0) is 0 Å². The fraction of sp³-hybridized carbons (Fsp3) is 0.125. The van der Waals surface area contributed by atoms with Gasteiger partial charge in [-0.3, -0.25) is 4.40 Å². The molecule has 0 aliphatic heterocycles. The summed E-state index contributed by atoms with van der Waals surface area (Å²) in [5.41, 5.74) is 0.233. The second-order valence-electron chi connectivity index (χ2n) is 2.74. The van der Waals surface area contributed by atoms with E-state index in [1.165, 1.54) is 23.9 Å². The lowest BCUT2D eigenvalue weighted by molar-refractivity contribution is 0.0691. The largest absolute Gasteiger partial charge is 0.478 e. The van der Waals surface area contributed by atoms with E-state index in [0.29, 0.717) is 5.65 Å². The Morgan fingerprint density at radius 1 is 1.53 bits per heavy atom. The van der Waals surface area contributed by atoms with Gasteiger partial charge in [-0.15, -0.1) is 0 Å². The molecular formula is C8H6ClN3O3. The number of methoxy groups -OCH3 is 1. The van der Waals surface area contributed by atoms with Crippen molar-refractivity contribution < 1.29 is 14.6 Å². The molecule has 0 spiro atoms. The smallest absolute Gasteiger partial charge is 0.356 e. The van der Waals surface area contributed by atoms with Crippen LogP contribution in [-0.4, -0.2) is 32.6 Å². The standard InChI is InChI=1S/C8H6ClN3O3/c1-15-7-6-10-4(8(13)14)2-12(6)3-5(9)11-7/h2-3H,1H3,(H,13,14). The zero-order valence-electron chi connectivity index (χ0n) is 7.64. The van der Waals surface area contributed by atoms with Crippen LogP contribution in [-0.2, 0) is 0 Å². The third-order valence-electron chi connectivity index (χ3n) is 1.79. The van der Waals surface area contributed by atoms with Crippen molar-refractivity contribution in [1.29, 1.82) is 0 Å². The topological polar surface area (TPSA) is 76.7 Å². The van der Waals surface area contributed by atoms with Crippen molar-refractivity contribution in [2.75, 3.05) is 7.11 Å². The molecule has 0 saturated heterocycles. The molecule has 0 radical (unpaired) electrons. The molecule has 0 amide bonds. The molecule has 15 heavy (non-hydrogen) atoms. The predicted molar refractivity (Wildman–Crippen MR) is 51.5 cm³/mol. The van der Waals surface area contributed by atoms with Crippen LogP contribution < -0.4 is 4.74 Å². The second-order valence-corrected chi connectivity index (χ2v) is 3.12. The predicted octanol–water partition coefficient (Wildman–Crippen LogP) is 1.09. The van der Waals surface area contributed by atoms with Crippen LogP contribution >= 0.6 is 11.6 Å². The third kappa shape index (κ3) is 1.59. The fourth-order valence-corrected chi connectivity index (χ4v) is 1.36. The van der Waals surface area contributed by atoms with Gasteiger partial charge in [-0.2, -0.15) is 4.98 Å². The zero-order chi connectivity index (χ0) is 11.0. The van der Waals surface area contributed by atoms with E-state index in [1.54, 1.807) is 0 Å². The maximum Gasteiger partial charge on any atom is 0.356 e. The SMILES string of the molecule is COc1nc(Cl)cn2cc(C(=O)O)nc12. The summed E-state index contributed by atoms with van der Waals surface area (Å²) in [5, 5.41) is 8.95. The quantitative estimate of drug-likeness (QED) is 0.831. The molecule has 0 unspecified atom stereocenters. The summed E-state index contributed by atoms with van der Waals surface area (Å²) in [7, 11) is 1.41. The number of carboxylic acid groups (broad SMARTS) is 1. The minimum atomic E-state index is -1.11. The molecule has 2 heterocycles. The first-order valence-electron chi connectivity index (χ1n) is 3.94. The Labute approximate surface area is 89.1 Å². The molecule has 0 atom stereocenters. The number of ether oxygens (including phenoxy) is 1. The Morgan fingerprint density at radius 3 is 2.87 bits per heavy atom. The van der Waals surface area contributed by atoms with E-state index in [2.05, 4.69) is 9.97 Å². The van der Waals surface area contributed by atoms with Gasteiger partial charge in [-0.25, -0.2) is 9.78 Å². The molecule has 2 aromatic rings. The number of rotatable bonds is 2. The van der Waals surface area contributed by atoms with E-state index in [-0.39, 0.29) is 16.7 Å². The molecule has 6 nitrogen and oxygen atoms in total. The van der Waals surface area contributed by atoms with E-state index >= 15 is 0 Å². The van der Waals surface area contributed by atoms with Crippen molar-refractivity contribution in [2.24, 2.45) is 0 Å². The number of hydrogen-bond acceptors (Lipinski definition) is 4. The molecule has 1 N–H and O–H groups in total. The average molecular weight is 228 g/mol. The highest BCUT2D eigenvalue weighted by atomic mass is 35.5. The number of carbonyl (C=O) groups is 1. The van der Waals surface area contributed by atoms with Crippen molar-refractivity contribution in [2.45, 2.75) is 0 Å². The fourth-order valence-electron chi connectivity index (χ4n) is 1.18. The van der Waals surface area contributed by atoms with Gasteiger partial charge < -0.3 is 9.84 Å². The highest BCUT2D eigenvalue weighted by Gasteiger charge is 2.13. The Kier molecular flexibility index (Phi) is 2.20. The monoisotopic (exact) mass is 227 g/mol. The van der Waals surface area contributed by atoms with Gasteiger partial charge in [0.25, 0.3) is 5.88 Å². The second kappa shape index (κ2) is 3.39. The van der Waals surface area contributed by atoms with Crippen LogP contribution in [0.25, 0.3) is 5.65 Å².